The van der Waals surface area contributed by atoms with Gasteiger partial charge in [-0.15, -0.1) is 0 Å². The van der Waals surface area contributed by atoms with Crippen LogP contribution in [0.15, 0.2) is 18.2 Å². The van der Waals surface area contributed by atoms with Crippen LogP contribution in [-0.4, -0.2) is 47.0 Å². The number of urea groups is 1. The molecule has 0 spiro atoms. The molecular formula is C13H18N2O4S. The minimum absolute atomic E-state index is 0.102. The number of benzene rings is 1. The first-order chi connectivity index (χ1) is 9.47. The number of ether oxygens (including phenoxy) is 2. The van der Waals surface area contributed by atoms with Crippen LogP contribution in [0.5, 0.6) is 11.5 Å². The molecular weight excluding hydrogens is 280 g/mol. The molecule has 1 heterocycles. The van der Waals surface area contributed by atoms with Crippen LogP contribution in [-0.2, 0) is 10.8 Å². The maximum Gasteiger partial charge on any atom is 0.321 e. The Balaban J connectivity index is 1.98. The van der Waals surface area contributed by atoms with Gasteiger partial charge < -0.3 is 19.7 Å². The number of nitrogens with one attached hydrogen (secondary N) is 1. The molecule has 0 aliphatic carbocycles. The average Bonchev–Trinajstić information content (AvgIpc) is 2.84. The monoisotopic (exact) mass is 298 g/mol. The van der Waals surface area contributed by atoms with E-state index in [0.717, 1.165) is 0 Å². The summed E-state index contributed by atoms with van der Waals surface area (Å²) in [6, 6.07) is 4.87. The van der Waals surface area contributed by atoms with Crippen LogP contribution < -0.4 is 14.8 Å². The SMILES string of the molecule is CC(CS(C)=O)N(C)C(=O)Nc1ccc2c(c1)OCO2. The number of amides is 2. The summed E-state index contributed by atoms with van der Waals surface area (Å²) in [5, 5.41) is 2.78. The van der Waals surface area contributed by atoms with E-state index in [4.69, 9.17) is 9.47 Å². The Morgan fingerprint density at radius 2 is 2.15 bits per heavy atom. The summed E-state index contributed by atoms with van der Waals surface area (Å²) in [6.07, 6.45) is 1.63. The minimum atomic E-state index is -0.937. The Hall–Kier alpha value is -1.76. The van der Waals surface area contributed by atoms with Crippen molar-refractivity contribution in [3.05, 3.63) is 18.2 Å². The van der Waals surface area contributed by atoms with Crippen molar-refractivity contribution in [1.29, 1.82) is 0 Å². The Labute approximate surface area is 120 Å². The smallest absolute Gasteiger partial charge is 0.321 e. The molecule has 6 nitrogen and oxygen atoms in total. The zero-order valence-corrected chi connectivity index (χ0v) is 12.5. The molecule has 2 atom stereocenters. The van der Waals surface area contributed by atoms with Gasteiger partial charge in [0.05, 0.1) is 0 Å². The van der Waals surface area contributed by atoms with Crippen molar-refractivity contribution in [1.82, 2.24) is 4.90 Å². The fraction of sp³-hybridized carbons (Fsp3) is 0.462. The molecule has 0 radical (unpaired) electrons. The first-order valence-corrected chi connectivity index (χ1v) is 7.93. The molecule has 2 rings (SSSR count). The van der Waals surface area contributed by atoms with Crippen LogP contribution in [0.2, 0.25) is 0 Å². The number of anilines is 1. The first kappa shape index (κ1) is 14.6. The Morgan fingerprint density at radius 3 is 2.85 bits per heavy atom. The summed E-state index contributed by atoms with van der Waals surface area (Å²) in [5.74, 6) is 1.74. The Kier molecular flexibility index (Phi) is 4.49. The van der Waals surface area contributed by atoms with Gasteiger partial charge >= 0.3 is 6.03 Å². The summed E-state index contributed by atoms with van der Waals surface area (Å²) in [6.45, 7) is 2.06. The lowest BCUT2D eigenvalue weighted by Gasteiger charge is -2.24. The number of fused-ring (bicyclic) bond motifs is 1. The van der Waals surface area contributed by atoms with Crippen molar-refractivity contribution in [2.75, 3.05) is 31.2 Å². The van der Waals surface area contributed by atoms with Crippen molar-refractivity contribution >= 4 is 22.5 Å². The number of carbonyl (C=O) groups excluding carboxylic acids is 1. The van der Waals surface area contributed by atoms with Gasteiger partial charge in [-0.25, -0.2) is 4.79 Å². The van der Waals surface area contributed by atoms with E-state index in [1.165, 1.54) is 4.90 Å². The van der Waals surface area contributed by atoms with Gasteiger partial charge in [-0.1, -0.05) is 0 Å². The van der Waals surface area contributed by atoms with Crippen molar-refractivity contribution < 1.29 is 18.5 Å². The minimum Gasteiger partial charge on any atom is -0.454 e. The Morgan fingerprint density at radius 1 is 1.45 bits per heavy atom. The lowest BCUT2D eigenvalue weighted by molar-refractivity contribution is 0.174. The largest absolute Gasteiger partial charge is 0.454 e. The van der Waals surface area contributed by atoms with E-state index in [0.29, 0.717) is 22.9 Å². The average molecular weight is 298 g/mol. The zero-order valence-electron chi connectivity index (χ0n) is 11.7. The molecule has 0 fully saturated rings. The second kappa shape index (κ2) is 6.13. The number of carbonyl (C=O) groups is 1. The first-order valence-electron chi connectivity index (χ1n) is 6.21. The summed E-state index contributed by atoms with van der Waals surface area (Å²) in [5.41, 5.74) is 0.635. The summed E-state index contributed by atoms with van der Waals surface area (Å²) in [4.78, 5) is 13.6. The second-order valence-corrected chi connectivity index (χ2v) is 6.18. The molecule has 0 aromatic heterocycles. The molecule has 7 heteroatoms. The van der Waals surface area contributed by atoms with E-state index in [9.17, 15) is 9.00 Å². The van der Waals surface area contributed by atoms with E-state index in [1.807, 2.05) is 6.92 Å². The summed E-state index contributed by atoms with van der Waals surface area (Å²) < 4.78 is 21.7. The maximum absolute atomic E-state index is 12.1. The van der Waals surface area contributed by atoms with Crippen molar-refractivity contribution in [3.63, 3.8) is 0 Å². The van der Waals surface area contributed by atoms with Crippen LogP contribution in [0, 0.1) is 0 Å². The van der Waals surface area contributed by atoms with Gasteiger partial charge in [0.15, 0.2) is 11.5 Å². The molecule has 20 heavy (non-hydrogen) atoms. The van der Waals surface area contributed by atoms with E-state index < -0.39 is 10.8 Å². The third-order valence-electron chi connectivity index (χ3n) is 3.08. The Bertz CT molecular complexity index is 535. The molecule has 1 aliphatic heterocycles. The standard InChI is InChI=1S/C13H18N2O4S/c1-9(7-20(3)17)15(2)13(16)14-10-4-5-11-12(6-10)19-8-18-11/h4-6,9H,7-8H2,1-3H3,(H,14,16). The van der Waals surface area contributed by atoms with Crippen molar-refractivity contribution in [2.24, 2.45) is 0 Å². The fourth-order valence-electron chi connectivity index (χ4n) is 1.84. The van der Waals surface area contributed by atoms with Gasteiger partial charge in [-0.2, -0.15) is 0 Å². The van der Waals surface area contributed by atoms with Gasteiger partial charge in [0, 0.05) is 47.7 Å². The fourth-order valence-corrected chi connectivity index (χ4v) is 2.74. The van der Waals surface area contributed by atoms with Crippen molar-refractivity contribution in [2.45, 2.75) is 13.0 Å². The summed E-state index contributed by atoms with van der Waals surface area (Å²) >= 11 is 0. The highest BCUT2D eigenvalue weighted by atomic mass is 32.2. The van der Waals surface area contributed by atoms with Gasteiger partial charge in [-0.3, -0.25) is 4.21 Å². The van der Waals surface area contributed by atoms with E-state index >= 15 is 0 Å². The maximum atomic E-state index is 12.1. The number of hydrogen-bond donors (Lipinski definition) is 1. The molecule has 0 saturated heterocycles. The number of hydrogen-bond acceptors (Lipinski definition) is 4. The van der Waals surface area contributed by atoms with E-state index in [2.05, 4.69) is 5.32 Å². The van der Waals surface area contributed by atoms with E-state index in [-0.39, 0.29) is 18.9 Å². The van der Waals surface area contributed by atoms with Crippen LogP contribution in [0.4, 0.5) is 10.5 Å². The highest BCUT2D eigenvalue weighted by Gasteiger charge is 2.18. The third kappa shape index (κ3) is 3.41. The van der Waals surface area contributed by atoms with Crippen LogP contribution >= 0.6 is 0 Å². The van der Waals surface area contributed by atoms with Gasteiger partial charge in [-0.05, 0) is 19.1 Å². The number of nitrogens with zero attached hydrogens (tertiary/aromatic N) is 1. The molecule has 1 aliphatic rings. The third-order valence-corrected chi connectivity index (χ3v) is 4.03. The van der Waals surface area contributed by atoms with E-state index in [1.54, 1.807) is 31.5 Å². The highest BCUT2D eigenvalue weighted by Crippen LogP contribution is 2.34. The molecule has 0 saturated carbocycles. The predicted octanol–water partition coefficient (Wildman–Crippen LogP) is 1.65. The second-order valence-electron chi connectivity index (χ2n) is 4.70. The zero-order chi connectivity index (χ0) is 14.7. The van der Waals surface area contributed by atoms with Crippen LogP contribution in [0.1, 0.15) is 6.92 Å². The molecule has 1 N–H and O–H groups in total. The highest BCUT2D eigenvalue weighted by molar-refractivity contribution is 7.84. The lowest BCUT2D eigenvalue weighted by atomic mass is 10.3. The lowest BCUT2D eigenvalue weighted by Crippen LogP contribution is -2.40. The quantitative estimate of drug-likeness (QED) is 0.917. The van der Waals surface area contributed by atoms with Crippen LogP contribution in [0.3, 0.4) is 0 Å². The normalized spacial score (nSPS) is 15.6. The molecule has 110 valence electrons. The van der Waals surface area contributed by atoms with Crippen molar-refractivity contribution in [3.8, 4) is 11.5 Å². The topological polar surface area (TPSA) is 67.9 Å². The molecule has 2 unspecified atom stereocenters. The molecule has 1 aromatic carbocycles. The van der Waals surface area contributed by atoms with Gasteiger partial charge in [0.25, 0.3) is 0 Å². The predicted molar refractivity (Wildman–Crippen MR) is 77.7 cm³/mol. The van der Waals surface area contributed by atoms with Gasteiger partial charge in [0.2, 0.25) is 6.79 Å². The molecule has 0 bridgehead atoms. The van der Waals surface area contributed by atoms with Gasteiger partial charge in [0.1, 0.15) is 0 Å². The summed E-state index contributed by atoms with van der Waals surface area (Å²) in [7, 11) is 0.743. The van der Waals surface area contributed by atoms with Crippen LogP contribution in [0.25, 0.3) is 0 Å². The molecule has 2 amide bonds. The molecule has 1 aromatic rings. The number of rotatable bonds is 4.